The molecule has 0 saturated heterocycles. The summed E-state index contributed by atoms with van der Waals surface area (Å²) in [5.41, 5.74) is 1.06. The van der Waals surface area contributed by atoms with Gasteiger partial charge < -0.3 is 9.88 Å². The fraction of sp³-hybridized carbons (Fsp3) is 0.412. The monoisotopic (exact) mass is 344 g/mol. The molecule has 1 aliphatic carbocycles. The number of aromatic nitrogens is 3. The van der Waals surface area contributed by atoms with Crippen LogP contribution in [0.25, 0.3) is 0 Å². The Hall–Kier alpha value is -2.15. The van der Waals surface area contributed by atoms with Crippen LogP contribution in [-0.4, -0.2) is 32.2 Å². The van der Waals surface area contributed by atoms with Crippen LogP contribution in [0.5, 0.6) is 0 Å². The fourth-order valence-electron chi connectivity index (χ4n) is 2.56. The number of benzene rings is 1. The van der Waals surface area contributed by atoms with Gasteiger partial charge in [0.2, 0.25) is 5.91 Å². The maximum atomic E-state index is 12.2. The molecule has 1 aromatic heterocycles. The van der Waals surface area contributed by atoms with Gasteiger partial charge in [-0.2, -0.15) is 0 Å². The molecule has 126 valence electrons. The highest BCUT2D eigenvalue weighted by atomic mass is 32.2. The van der Waals surface area contributed by atoms with Crippen molar-refractivity contribution in [1.82, 2.24) is 14.8 Å². The molecule has 1 aromatic carbocycles. The molecule has 1 amide bonds. The van der Waals surface area contributed by atoms with E-state index in [2.05, 4.69) is 27.0 Å². The Morgan fingerprint density at radius 2 is 2.04 bits per heavy atom. The Morgan fingerprint density at radius 3 is 2.71 bits per heavy atom. The van der Waals surface area contributed by atoms with Gasteiger partial charge in [-0.25, -0.2) is 0 Å². The van der Waals surface area contributed by atoms with E-state index < -0.39 is 0 Å². The third-order valence-electron chi connectivity index (χ3n) is 3.92. The summed E-state index contributed by atoms with van der Waals surface area (Å²) in [4.78, 5) is 23.8. The molecule has 1 N–H and O–H groups in total. The Kier molecular flexibility index (Phi) is 4.99. The molecule has 1 aliphatic rings. The van der Waals surface area contributed by atoms with Crippen LogP contribution in [0.1, 0.15) is 48.8 Å². The quantitative estimate of drug-likeness (QED) is 0.617. The minimum atomic E-state index is -0.160. The number of Topliss-reactive ketones (excluding diaryl/α,β-unsaturated/α-hetero) is 1. The number of thioether (sulfide) groups is 1. The first-order chi connectivity index (χ1) is 11.6. The Bertz CT molecular complexity index is 768. The number of amides is 1. The molecule has 0 radical (unpaired) electrons. The molecule has 3 rings (SSSR count). The topological polar surface area (TPSA) is 76.9 Å². The van der Waals surface area contributed by atoms with Crippen LogP contribution in [0.3, 0.4) is 0 Å². The normalized spacial score (nSPS) is 13.8. The van der Waals surface area contributed by atoms with Gasteiger partial charge in [-0.15, -0.1) is 10.2 Å². The van der Waals surface area contributed by atoms with E-state index in [0.717, 1.165) is 17.5 Å². The first kappa shape index (κ1) is 16.7. The first-order valence-electron chi connectivity index (χ1n) is 8.05. The summed E-state index contributed by atoms with van der Waals surface area (Å²) in [6.07, 6.45) is 2.34. The van der Waals surface area contributed by atoms with Crippen molar-refractivity contribution in [3.05, 3.63) is 35.7 Å². The lowest BCUT2D eigenvalue weighted by Crippen LogP contribution is -2.16. The van der Waals surface area contributed by atoms with Crippen molar-refractivity contribution >= 4 is 29.1 Å². The van der Waals surface area contributed by atoms with Gasteiger partial charge in [-0.3, -0.25) is 9.59 Å². The summed E-state index contributed by atoms with van der Waals surface area (Å²) in [7, 11) is 0. The zero-order valence-electron chi connectivity index (χ0n) is 13.8. The largest absolute Gasteiger partial charge is 0.325 e. The van der Waals surface area contributed by atoms with Crippen molar-refractivity contribution in [2.24, 2.45) is 0 Å². The summed E-state index contributed by atoms with van der Waals surface area (Å²) in [5.74, 6) is 1.56. The van der Waals surface area contributed by atoms with Crippen molar-refractivity contribution in [2.45, 2.75) is 44.3 Å². The number of para-hydroxylation sites is 1. The third kappa shape index (κ3) is 3.67. The number of carbonyl (C=O) groups excluding carboxylic acids is 2. The van der Waals surface area contributed by atoms with E-state index in [1.807, 2.05) is 0 Å². The van der Waals surface area contributed by atoms with Crippen molar-refractivity contribution in [3.8, 4) is 0 Å². The molecule has 1 fully saturated rings. The number of hydrogen-bond donors (Lipinski definition) is 1. The van der Waals surface area contributed by atoms with Crippen LogP contribution in [0.2, 0.25) is 0 Å². The highest BCUT2D eigenvalue weighted by Crippen LogP contribution is 2.39. The van der Waals surface area contributed by atoms with Gasteiger partial charge in [0.25, 0.3) is 0 Å². The molecule has 1 saturated carbocycles. The van der Waals surface area contributed by atoms with Gasteiger partial charge in [0.15, 0.2) is 10.9 Å². The second-order valence-electron chi connectivity index (χ2n) is 5.80. The molecule has 1 heterocycles. The summed E-state index contributed by atoms with van der Waals surface area (Å²) >= 11 is 1.37. The van der Waals surface area contributed by atoms with E-state index in [9.17, 15) is 9.59 Å². The fourth-order valence-corrected chi connectivity index (χ4v) is 3.37. The number of anilines is 1. The molecule has 0 atom stereocenters. The number of ketones is 1. The lowest BCUT2D eigenvalue weighted by atomic mass is 10.1. The zero-order valence-corrected chi connectivity index (χ0v) is 14.6. The first-order valence-corrected chi connectivity index (χ1v) is 9.04. The summed E-state index contributed by atoms with van der Waals surface area (Å²) in [6, 6.07) is 7.02. The van der Waals surface area contributed by atoms with Crippen LogP contribution < -0.4 is 5.32 Å². The average Bonchev–Trinajstić information content (AvgIpc) is 3.33. The van der Waals surface area contributed by atoms with E-state index >= 15 is 0 Å². The summed E-state index contributed by atoms with van der Waals surface area (Å²) in [6.45, 7) is 4.35. The van der Waals surface area contributed by atoms with Gasteiger partial charge in [-0.1, -0.05) is 23.9 Å². The minimum absolute atomic E-state index is 0.0710. The maximum Gasteiger partial charge on any atom is 0.234 e. The highest BCUT2D eigenvalue weighted by Gasteiger charge is 2.30. The lowest BCUT2D eigenvalue weighted by molar-refractivity contribution is -0.113. The number of carbonyl (C=O) groups is 2. The van der Waals surface area contributed by atoms with Crippen LogP contribution in [0.15, 0.2) is 29.4 Å². The van der Waals surface area contributed by atoms with Crippen LogP contribution in [0, 0.1) is 0 Å². The Labute approximate surface area is 145 Å². The molecule has 0 spiro atoms. The van der Waals surface area contributed by atoms with Gasteiger partial charge in [0.05, 0.1) is 11.4 Å². The number of rotatable bonds is 7. The lowest BCUT2D eigenvalue weighted by Gasteiger charge is -2.09. The highest BCUT2D eigenvalue weighted by molar-refractivity contribution is 7.99. The van der Waals surface area contributed by atoms with E-state index in [-0.39, 0.29) is 17.4 Å². The molecule has 7 heteroatoms. The van der Waals surface area contributed by atoms with Crippen molar-refractivity contribution in [2.75, 3.05) is 11.1 Å². The van der Waals surface area contributed by atoms with Gasteiger partial charge in [0.1, 0.15) is 5.82 Å². The van der Waals surface area contributed by atoms with Crippen LogP contribution in [0.4, 0.5) is 5.69 Å². The second kappa shape index (κ2) is 7.17. The van der Waals surface area contributed by atoms with E-state index in [4.69, 9.17) is 0 Å². The second-order valence-corrected chi connectivity index (χ2v) is 6.74. The smallest absolute Gasteiger partial charge is 0.234 e. The van der Waals surface area contributed by atoms with E-state index in [0.29, 0.717) is 17.2 Å². The minimum Gasteiger partial charge on any atom is -0.325 e. The average molecular weight is 344 g/mol. The molecule has 2 aromatic rings. The van der Waals surface area contributed by atoms with Crippen LogP contribution in [-0.2, 0) is 11.3 Å². The van der Waals surface area contributed by atoms with Crippen LogP contribution >= 0.6 is 11.8 Å². The molecule has 0 unspecified atom stereocenters. The summed E-state index contributed by atoms with van der Waals surface area (Å²) < 4.78 is 2.08. The standard InChI is InChI=1S/C17H20N4O2S/c1-3-21-16(12-8-9-12)19-20-17(21)24-10-15(23)18-14-7-5-4-6-13(14)11(2)22/h4-7,12H,3,8-10H2,1-2H3,(H,18,23). The predicted octanol–water partition coefficient (Wildman–Crippen LogP) is 3.11. The Morgan fingerprint density at radius 1 is 1.29 bits per heavy atom. The van der Waals surface area contributed by atoms with Gasteiger partial charge in [-0.05, 0) is 38.8 Å². The van der Waals surface area contributed by atoms with Gasteiger partial charge >= 0.3 is 0 Å². The third-order valence-corrected chi connectivity index (χ3v) is 4.88. The van der Waals surface area contributed by atoms with Gasteiger partial charge in [0, 0.05) is 18.0 Å². The number of hydrogen-bond acceptors (Lipinski definition) is 5. The SMILES string of the molecule is CCn1c(SCC(=O)Nc2ccccc2C(C)=O)nnc1C1CC1. The zero-order chi connectivity index (χ0) is 17.1. The predicted molar refractivity (Wildman–Crippen MR) is 93.5 cm³/mol. The molecule has 0 bridgehead atoms. The van der Waals surface area contributed by atoms with E-state index in [1.165, 1.54) is 31.5 Å². The molecular weight excluding hydrogens is 324 g/mol. The molecule has 24 heavy (non-hydrogen) atoms. The molecular formula is C17H20N4O2S. The molecule has 0 aliphatic heterocycles. The Balaban J connectivity index is 1.63. The number of nitrogens with zero attached hydrogens (tertiary/aromatic N) is 3. The van der Waals surface area contributed by atoms with Crippen molar-refractivity contribution in [1.29, 1.82) is 0 Å². The molecule has 6 nitrogen and oxygen atoms in total. The van der Waals surface area contributed by atoms with Crippen molar-refractivity contribution in [3.63, 3.8) is 0 Å². The number of nitrogens with one attached hydrogen (secondary N) is 1. The summed E-state index contributed by atoms with van der Waals surface area (Å²) in [5, 5.41) is 12.1. The maximum absolute atomic E-state index is 12.2. The van der Waals surface area contributed by atoms with Crippen molar-refractivity contribution < 1.29 is 9.59 Å². The van der Waals surface area contributed by atoms with E-state index in [1.54, 1.807) is 24.3 Å².